The summed E-state index contributed by atoms with van der Waals surface area (Å²) in [7, 11) is 0. The molecule has 4 heteroatoms. The van der Waals surface area contributed by atoms with Crippen molar-refractivity contribution in [1.82, 2.24) is 10.6 Å². The summed E-state index contributed by atoms with van der Waals surface area (Å²) in [6.45, 7) is 1.22. The summed E-state index contributed by atoms with van der Waals surface area (Å²) in [5.74, 6) is 0.465. The van der Waals surface area contributed by atoms with E-state index >= 15 is 0 Å². The molecule has 1 amide bonds. The third kappa shape index (κ3) is 2.13. The molecule has 3 rings (SSSR count). The minimum absolute atomic E-state index is 0.0101. The van der Waals surface area contributed by atoms with Crippen LogP contribution in [-0.4, -0.2) is 36.2 Å². The Morgan fingerprint density at radius 2 is 2.28 bits per heavy atom. The van der Waals surface area contributed by atoms with Gasteiger partial charge in [0.05, 0.1) is 12.1 Å². The van der Waals surface area contributed by atoms with Crippen LogP contribution in [-0.2, 0) is 11.2 Å². The van der Waals surface area contributed by atoms with Gasteiger partial charge in [0.25, 0.3) is 0 Å². The van der Waals surface area contributed by atoms with Crippen LogP contribution in [0.1, 0.15) is 23.5 Å². The van der Waals surface area contributed by atoms with Gasteiger partial charge < -0.3 is 15.7 Å². The van der Waals surface area contributed by atoms with E-state index in [1.54, 1.807) is 0 Å². The maximum atomic E-state index is 11.9. The number of fused-ring (bicyclic) bond motifs is 1. The van der Waals surface area contributed by atoms with Gasteiger partial charge in [-0.3, -0.25) is 4.79 Å². The number of aliphatic hydroxyl groups excluding tert-OH is 1. The average Bonchev–Trinajstić information content (AvgIpc) is 2.77. The molecule has 2 aliphatic rings. The van der Waals surface area contributed by atoms with E-state index in [1.807, 2.05) is 6.07 Å². The molecule has 0 bridgehead atoms. The molecular weight excluding hydrogens is 228 g/mol. The Labute approximate surface area is 106 Å². The van der Waals surface area contributed by atoms with Crippen LogP contribution in [0.5, 0.6) is 0 Å². The lowest BCUT2D eigenvalue weighted by Crippen LogP contribution is -2.43. The lowest BCUT2D eigenvalue weighted by atomic mass is 9.77. The molecule has 0 spiro atoms. The Morgan fingerprint density at radius 1 is 1.44 bits per heavy atom. The molecule has 0 aromatic heterocycles. The highest BCUT2D eigenvalue weighted by molar-refractivity contribution is 5.82. The van der Waals surface area contributed by atoms with Crippen molar-refractivity contribution in [3.8, 4) is 0 Å². The van der Waals surface area contributed by atoms with Gasteiger partial charge in [-0.25, -0.2) is 0 Å². The van der Waals surface area contributed by atoms with Crippen LogP contribution >= 0.6 is 0 Å². The third-order valence-electron chi connectivity index (χ3n) is 3.91. The smallest absolute Gasteiger partial charge is 0.237 e. The predicted octanol–water partition coefficient (Wildman–Crippen LogP) is 0.165. The van der Waals surface area contributed by atoms with Crippen molar-refractivity contribution in [2.24, 2.45) is 0 Å². The van der Waals surface area contributed by atoms with Gasteiger partial charge >= 0.3 is 0 Å². The van der Waals surface area contributed by atoms with Gasteiger partial charge in [0.15, 0.2) is 0 Å². The molecule has 3 N–H and O–H groups in total. The zero-order valence-electron chi connectivity index (χ0n) is 10.2. The van der Waals surface area contributed by atoms with Gasteiger partial charge in [-0.2, -0.15) is 0 Å². The highest BCUT2D eigenvalue weighted by atomic mass is 16.3. The Morgan fingerprint density at radius 3 is 3.00 bits per heavy atom. The van der Waals surface area contributed by atoms with Gasteiger partial charge in [0.1, 0.15) is 0 Å². The second kappa shape index (κ2) is 4.71. The van der Waals surface area contributed by atoms with E-state index in [9.17, 15) is 9.90 Å². The summed E-state index contributed by atoms with van der Waals surface area (Å²) in [6, 6.07) is 8.14. The Balaban J connectivity index is 1.50. The van der Waals surface area contributed by atoms with Gasteiger partial charge in [-0.05, 0) is 24.0 Å². The molecule has 4 nitrogen and oxygen atoms in total. The number of hydrogen-bond donors (Lipinski definition) is 3. The monoisotopic (exact) mass is 246 g/mol. The zero-order valence-corrected chi connectivity index (χ0v) is 10.2. The summed E-state index contributed by atoms with van der Waals surface area (Å²) < 4.78 is 0. The number of carbonyl (C=O) groups is 1. The first kappa shape index (κ1) is 11.7. The largest absolute Gasteiger partial charge is 0.392 e. The SMILES string of the molecule is O=C(NC[C@@H]1Cc2ccccc21)[C@H]1C[C@@H](O)CN1. The van der Waals surface area contributed by atoms with Crippen LogP contribution in [0.4, 0.5) is 0 Å². The molecule has 3 atom stereocenters. The minimum atomic E-state index is -0.384. The van der Waals surface area contributed by atoms with Crippen LogP contribution in [0.25, 0.3) is 0 Å². The van der Waals surface area contributed by atoms with E-state index in [-0.39, 0.29) is 18.1 Å². The van der Waals surface area contributed by atoms with Crippen molar-refractivity contribution >= 4 is 5.91 Å². The van der Waals surface area contributed by atoms with Crippen LogP contribution in [0.3, 0.4) is 0 Å². The molecule has 0 radical (unpaired) electrons. The molecule has 1 aromatic carbocycles. The highest BCUT2D eigenvalue weighted by Gasteiger charge is 2.30. The van der Waals surface area contributed by atoms with Crippen molar-refractivity contribution in [3.63, 3.8) is 0 Å². The molecular formula is C14H18N2O2. The molecule has 1 saturated heterocycles. The van der Waals surface area contributed by atoms with E-state index < -0.39 is 0 Å². The summed E-state index contributed by atoms with van der Waals surface area (Å²) in [4.78, 5) is 11.9. The molecule has 18 heavy (non-hydrogen) atoms. The molecule has 1 fully saturated rings. The molecule has 1 heterocycles. The lowest BCUT2D eigenvalue weighted by molar-refractivity contribution is -0.123. The van der Waals surface area contributed by atoms with Gasteiger partial charge in [-0.15, -0.1) is 0 Å². The van der Waals surface area contributed by atoms with E-state index in [0.29, 0.717) is 25.4 Å². The van der Waals surface area contributed by atoms with Gasteiger partial charge in [0.2, 0.25) is 5.91 Å². The maximum absolute atomic E-state index is 11.9. The van der Waals surface area contributed by atoms with Crippen molar-refractivity contribution in [3.05, 3.63) is 35.4 Å². The first-order valence-electron chi connectivity index (χ1n) is 6.51. The van der Waals surface area contributed by atoms with E-state index in [1.165, 1.54) is 11.1 Å². The Kier molecular flexibility index (Phi) is 3.06. The Bertz CT molecular complexity index is 461. The number of carbonyl (C=O) groups excluding carboxylic acids is 1. The van der Waals surface area contributed by atoms with Crippen molar-refractivity contribution < 1.29 is 9.90 Å². The quantitative estimate of drug-likeness (QED) is 0.712. The topological polar surface area (TPSA) is 61.4 Å². The van der Waals surface area contributed by atoms with E-state index in [0.717, 1.165) is 6.42 Å². The Hall–Kier alpha value is -1.39. The number of amides is 1. The lowest BCUT2D eigenvalue weighted by Gasteiger charge is -2.30. The second-order valence-corrected chi connectivity index (χ2v) is 5.20. The fraction of sp³-hybridized carbons (Fsp3) is 0.500. The maximum Gasteiger partial charge on any atom is 0.237 e. The fourth-order valence-corrected chi connectivity index (χ4v) is 2.81. The van der Waals surface area contributed by atoms with Crippen molar-refractivity contribution in [2.75, 3.05) is 13.1 Å². The molecule has 0 saturated carbocycles. The van der Waals surface area contributed by atoms with Crippen molar-refractivity contribution in [2.45, 2.75) is 30.9 Å². The number of benzene rings is 1. The summed E-state index contributed by atoms with van der Waals surface area (Å²) in [5, 5.41) is 15.4. The fourth-order valence-electron chi connectivity index (χ4n) is 2.81. The van der Waals surface area contributed by atoms with Crippen molar-refractivity contribution in [1.29, 1.82) is 0 Å². The predicted molar refractivity (Wildman–Crippen MR) is 68.3 cm³/mol. The standard InChI is InChI=1S/C14H18N2O2/c17-11-6-13(15-8-11)14(18)16-7-10-5-9-3-1-2-4-12(9)10/h1-4,10-11,13,15,17H,5-8H2,(H,16,18)/t10-,11+,13+/m0/s1. The van der Waals surface area contributed by atoms with Crippen LogP contribution in [0, 0.1) is 0 Å². The number of hydrogen-bond acceptors (Lipinski definition) is 3. The van der Waals surface area contributed by atoms with Crippen LogP contribution in [0.2, 0.25) is 0 Å². The van der Waals surface area contributed by atoms with E-state index in [2.05, 4.69) is 28.8 Å². The second-order valence-electron chi connectivity index (χ2n) is 5.20. The summed E-state index contributed by atoms with van der Waals surface area (Å²) in [5.41, 5.74) is 2.75. The molecule has 0 unspecified atom stereocenters. The van der Waals surface area contributed by atoms with Crippen LogP contribution in [0.15, 0.2) is 24.3 Å². The van der Waals surface area contributed by atoms with Gasteiger partial charge in [0, 0.05) is 19.0 Å². The zero-order chi connectivity index (χ0) is 12.5. The average molecular weight is 246 g/mol. The van der Waals surface area contributed by atoms with E-state index in [4.69, 9.17) is 0 Å². The first-order chi connectivity index (χ1) is 8.74. The minimum Gasteiger partial charge on any atom is -0.392 e. The number of rotatable bonds is 3. The summed E-state index contributed by atoms with van der Waals surface area (Å²) in [6.07, 6.45) is 1.19. The highest BCUT2D eigenvalue weighted by Crippen LogP contribution is 2.33. The number of β-amino-alcohol motifs (C(OH)–C–C–N with tert-alkyl or cyclic N) is 1. The number of nitrogens with one attached hydrogen (secondary N) is 2. The normalized spacial score (nSPS) is 29.5. The third-order valence-corrected chi connectivity index (χ3v) is 3.91. The first-order valence-corrected chi connectivity index (χ1v) is 6.51. The van der Waals surface area contributed by atoms with Gasteiger partial charge in [-0.1, -0.05) is 24.3 Å². The molecule has 1 aromatic rings. The molecule has 96 valence electrons. The number of aliphatic hydroxyl groups is 1. The molecule has 1 aliphatic carbocycles. The summed E-state index contributed by atoms with van der Waals surface area (Å²) >= 11 is 0. The van der Waals surface area contributed by atoms with Crippen LogP contribution < -0.4 is 10.6 Å². The molecule has 1 aliphatic heterocycles.